The zero-order valence-corrected chi connectivity index (χ0v) is 14.5. The van der Waals surface area contributed by atoms with Crippen molar-refractivity contribution in [3.8, 4) is 5.75 Å². The molecular weight excluding hydrogens is 358 g/mol. The smallest absolute Gasteiger partial charge is 0.269 e. The SMILES string of the molecule is CC(=O)c1ccc(NC(=S)NC(=O)COc2ccc([N+](=O)[O-])cc2)cc1. The Labute approximate surface area is 154 Å². The summed E-state index contributed by atoms with van der Waals surface area (Å²) in [6.45, 7) is 1.17. The third-order valence-corrected chi connectivity index (χ3v) is 3.42. The molecule has 0 fully saturated rings. The number of non-ortho nitro benzene ring substituents is 1. The van der Waals surface area contributed by atoms with Gasteiger partial charge in [0.05, 0.1) is 4.92 Å². The van der Waals surface area contributed by atoms with Gasteiger partial charge in [-0.25, -0.2) is 0 Å². The van der Waals surface area contributed by atoms with Crippen LogP contribution in [0.3, 0.4) is 0 Å². The second-order valence-electron chi connectivity index (χ2n) is 5.18. The predicted molar refractivity (Wildman–Crippen MR) is 99.4 cm³/mol. The molecule has 134 valence electrons. The van der Waals surface area contributed by atoms with Crippen LogP contribution in [0.5, 0.6) is 5.75 Å². The molecule has 2 aromatic carbocycles. The number of benzene rings is 2. The molecule has 0 heterocycles. The Balaban J connectivity index is 1.80. The van der Waals surface area contributed by atoms with E-state index in [9.17, 15) is 19.7 Å². The van der Waals surface area contributed by atoms with Crippen molar-refractivity contribution in [3.05, 3.63) is 64.2 Å². The number of nitro benzene ring substituents is 1. The maximum Gasteiger partial charge on any atom is 0.269 e. The largest absolute Gasteiger partial charge is 0.484 e. The Morgan fingerprint density at radius 1 is 1.12 bits per heavy atom. The van der Waals surface area contributed by atoms with E-state index in [2.05, 4.69) is 10.6 Å². The Bertz CT molecular complexity index is 834. The number of nitrogens with zero attached hydrogens (tertiary/aromatic N) is 1. The van der Waals surface area contributed by atoms with Gasteiger partial charge < -0.3 is 10.1 Å². The van der Waals surface area contributed by atoms with Gasteiger partial charge in [0.25, 0.3) is 11.6 Å². The van der Waals surface area contributed by atoms with Crippen LogP contribution in [0.4, 0.5) is 11.4 Å². The van der Waals surface area contributed by atoms with Crippen molar-refractivity contribution in [1.29, 1.82) is 0 Å². The Hall–Kier alpha value is -3.33. The van der Waals surface area contributed by atoms with Crippen molar-refractivity contribution in [3.63, 3.8) is 0 Å². The number of hydrogen-bond donors (Lipinski definition) is 2. The van der Waals surface area contributed by atoms with Gasteiger partial charge in [0.2, 0.25) is 0 Å². The number of carbonyl (C=O) groups is 2. The average Bonchev–Trinajstić information content (AvgIpc) is 2.60. The monoisotopic (exact) mass is 373 g/mol. The highest BCUT2D eigenvalue weighted by Gasteiger charge is 2.08. The van der Waals surface area contributed by atoms with Gasteiger partial charge in [-0.2, -0.15) is 0 Å². The quantitative estimate of drug-likeness (QED) is 0.347. The lowest BCUT2D eigenvalue weighted by molar-refractivity contribution is -0.384. The van der Waals surface area contributed by atoms with Gasteiger partial charge >= 0.3 is 0 Å². The fourth-order valence-electron chi connectivity index (χ4n) is 1.93. The fraction of sp³-hybridized carbons (Fsp3) is 0.118. The summed E-state index contributed by atoms with van der Waals surface area (Å²) in [6.07, 6.45) is 0. The maximum atomic E-state index is 11.8. The highest BCUT2D eigenvalue weighted by molar-refractivity contribution is 7.80. The first kappa shape index (κ1) is 19.0. The van der Waals surface area contributed by atoms with Crippen molar-refractivity contribution in [1.82, 2.24) is 5.32 Å². The van der Waals surface area contributed by atoms with E-state index in [0.717, 1.165) is 0 Å². The molecule has 26 heavy (non-hydrogen) atoms. The zero-order valence-electron chi connectivity index (χ0n) is 13.7. The number of nitro groups is 1. The van der Waals surface area contributed by atoms with Gasteiger partial charge in [-0.3, -0.25) is 25.0 Å². The van der Waals surface area contributed by atoms with E-state index in [-0.39, 0.29) is 23.2 Å². The van der Waals surface area contributed by atoms with Crippen LogP contribution in [0.25, 0.3) is 0 Å². The van der Waals surface area contributed by atoms with Crippen LogP contribution < -0.4 is 15.4 Å². The first-order chi connectivity index (χ1) is 12.3. The van der Waals surface area contributed by atoms with Crippen LogP contribution in [-0.2, 0) is 4.79 Å². The van der Waals surface area contributed by atoms with Crippen LogP contribution in [0.1, 0.15) is 17.3 Å². The first-order valence-electron chi connectivity index (χ1n) is 7.44. The molecule has 2 aromatic rings. The predicted octanol–water partition coefficient (Wildman–Crippen LogP) is 2.69. The van der Waals surface area contributed by atoms with Crippen molar-refractivity contribution in [2.45, 2.75) is 6.92 Å². The van der Waals surface area contributed by atoms with Crippen molar-refractivity contribution >= 4 is 40.4 Å². The molecule has 0 radical (unpaired) electrons. The van der Waals surface area contributed by atoms with Crippen LogP contribution in [-0.4, -0.2) is 28.3 Å². The van der Waals surface area contributed by atoms with Crippen LogP contribution in [0, 0.1) is 10.1 Å². The average molecular weight is 373 g/mol. The second kappa shape index (κ2) is 8.67. The zero-order chi connectivity index (χ0) is 19.1. The summed E-state index contributed by atoms with van der Waals surface area (Å²) < 4.78 is 5.24. The fourth-order valence-corrected chi connectivity index (χ4v) is 2.16. The van der Waals surface area contributed by atoms with Crippen LogP contribution in [0.2, 0.25) is 0 Å². The highest BCUT2D eigenvalue weighted by Crippen LogP contribution is 2.17. The number of Topliss-reactive ketones (excluding diaryl/α,β-unsaturated/α-hetero) is 1. The molecule has 2 rings (SSSR count). The molecule has 0 spiro atoms. The van der Waals surface area contributed by atoms with Crippen LogP contribution >= 0.6 is 12.2 Å². The topological polar surface area (TPSA) is 111 Å². The molecule has 9 heteroatoms. The summed E-state index contributed by atoms with van der Waals surface area (Å²) in [5, 5.41) is 15.9. The summed E-state index contributed by atoms with van der Waals surface area (Å²) in [6, 6.07) is 12.0. The minimum absolute atomic E-state index is 0.0455. The number of thiocarbonyl (C=S) groups is 1. The molecule has 0 aliphatic carbocycles. The standard InChI is InChI=1S/C17H15N3O5S/c1-11(21)12-2-4-13(5-3-12)18-17(26)19-16(22)10-25-15-8-6-14(7-9-15)20(23)24/h2-9H,10H2,1H3,(H2,18,19,22,26). The normalized spacial score (nSPS) is 9.88. The number of anilines is 1. The molecule has 0 bridgehead atoms. The third-order valence-electron chi connectivity index (χ3n) is 3.22. The molecule has 0 saturated heterocycles. The lowest BCUT2D eigenvalue weighted by Gasteiger charge is -2.10. The Morgan fingerprint density at radius 2 is 1.73 bits per heavy atom. The lowest BCUT2D eigenvalue weighted by Crippen LogP contribution is -2.37. The summed E-state index contributed by atoms with van der Waals surface area (Å²) in [5.74, 6) is -0.207. The molecule has 1 amide bonds. The van der Waals surface area contributed by atoms with Gasteiger partial charge in [-0.1, -0.05) is 0 Å². The van der Waals surface area contributed by atoms with Crippen LogP contribution in [0.15, 0.2) is 48.5 Å². The van der Waals surface area contributed by atoms with E-state index >= 15 is 0 Å². The lowest BCUT2D eigenvalue weighted by atomic mass is 10.1. The van der Waals surface area contributed by atoms with E-state index in [4.69, 9.17) is 17.0 Å². The molecule has 0 unspecified atom stereocenters. The van der Waals surface area contributed by atoms with E-state index in [1.807, 2.05) is 0 Å². The third kappa shape index (κ3) is 5.64. The van der Waals surface area contributed by atoms with Crippen molar-refractivity contribution in [2.75, 3.05) is 11.9 Å². The number of ether oxygens (including phenoxy) is 1. The summed E-state index contributed by atoms with van der Waals surface area (Å²) in [4.78, 5) is 33.1. The number of carbonyl (C=O) groups excluding carboxylic acids is 2. The maximum absolute atomic E-state index is 11.8. The van der Waals surface area contributed by atoms with Gasteiger partial charge in [0.1, 0.15) is 5.75 Å². The van der Waals surface area contributed by atoms with E-state index in [1.165, 1.54) is 31.2 Å². The molecular formula is C17H15N3O5S. The number of amides is 1. The minimum atomic E-state index is -0.524. The molecule has 0 aromatic heterocycles. The van der Waals surface area contributed by atoms with Crippen molar-refractivity contribution in [2.24, 2.45) is 0 Å². The van der Waals surface area contributed by atoms with Gasteiger partial charge in [-0.05, 0) is 55.5 Å². The molecule has 0 aliphatic heterocycles. The Kier molecular flexibility index (Phi) is 6.34. The summed E-state index contributed by atoms with van der Waals surface area (Å²) in [5.41, 5.74) is 1.13. The molecule has 2 N–H and O–H groups in total. The van der Waals surface area contributed by atoms with E-state index in [0.29, 0.717) is 17.0 Å². The second-order valence-corrected chi connectivity index (χ2v) is 5.58. The number of hydrogen-bond acceptors (Lipinski definition) is 6. The summed E-state index contributed by atoms with van der Waals surface area (Å²) >= 11 is 5.03. The number of nitrogens with one attached hydrogen (secondary N) is 2. The molecule has 0 aliphatic rings. The summed E-state index contributed by atoms with van der Waals surface area (Å²) in [7, 11) is 0. The molecule has 0 atom stereocenters. The van der Waals surface area contributed by atoms with Gasteiger partial charge in [-0.15, -0.1) is 0 Å². The van der Waals surface area contributed by atoms with Gasteiger partial charge in [0, 0.05) is 23.4 Å². The van der Waals surface area contributed by atoms with Crippen molar-refractivity contribution < 1.29 is 19.2 Å². The minimum Gasteiger partial charge on any atom is -0.484 e. The Morgan fingerprint density at radius 3 is 2.27 bits per heavy atom. The molecule has 8 nitrogen and oxygen atoms in total. The first-order valence-corrected chi connectivity index (χ1v) is 7.85. The van der Waals surface area contributed by atoms with E-state index in [1.54, 1.807) is 24.3 Å². The number of ketones is 1. The molecule has 0 saturated carbocycles. The highest BCUT2D eigenvalue weighted by atomic mass is 32.1. The van der Waals surface area contributed by atoms with Gasteiger partial charge in [0.15, 0.2) is 17.5 Å². The van der Waals surface area contributed by atoms with E-state index < -0.39 is 10.8 Å². The number of rotatable bonds is 6.